The van der Waals surface area contributed by atoms with Crippen molar-refractivity contribution in [3.63, 3.8) is 0 Å². The van der Waals surface area contributed by atoms with Crippen molar-refractivity contribution in [2.75, 3.05) is 19.6 Å². The van der Waals surface area contributed by atoms with Gasteiger partial charge in [0.1, 0.15) is 5.78 Å². The van der Waals surface area contributed by atoms with Crippen LogP contribution in [0.4, 0.5) is 0 Å². The molecule has 3 rings (SSSR count). The maximum atomic E-state index is 11.8. The van der Waals surface area contributed by atoms with Crippen LogP contribution in [0.25, 0.3) is 0 Å². The molecule has 2 heteroatoms. The van der Waals surface area contributed by atoms with Gasteiger partial charge in [-0.15, -0.1) is 0 Å². The number of carbonyl (C=O) groups is 1. The number of ketones is 1. The maximum absolute atomic E-state index is 11.8. The van der Waals surface area contributed by atoms with Gasteiger partial charge in [0.25, 0.3) is 0 Å². The van der Waals surface area contributed by atoms with E-state index in [1.165, 1.54) is 51.6 Å². The van der Waals surface area contributed by atoms with Gasteiger partial charge < -0.3 is 0 Å². The first-order chi connectivity index (χ1) is 7.31. The molecule has 0 aromatic carbocycles. The Hall–Kier alpha value is -0.370. The first kappa shape index (κ1) is 9.83. The van der Waals surface area contributed by atoms with Crippen molar-refractivity contribution in [3.8, 4) is 0 Å². The molecule has 0 aromatic heterocycles. The fourth-order valence-corrected chi connectivity index (χ4v) is 2.29. The first-order valence-corrected chi connectivity index (χ1v) is 6.56. The molecule has 0 aromatic rings. The zero-order chi connectivity index (χ0) is 10.3. The normalized spacial score (nSPS) is 25.9. The van der Waals surface area contributed by atoms with Crippen molar-refractivity contribution in [1.29, 1.82) is 0 Å². The van der Waals surface area contributed by atoms with Crippen molar-refractivity contribution in [2.24, 2.45) is 17.8 Å². The molecular formula is C13H21NO. The summed E-state index contributed by atoms with van der Waals surface area (Å²) in [6.45, 7) is 3.17. The van der Waals surface area contributed by atoms with E-state index in [9.17, 15) is 4.79 Å². The number of Topliss-reactive ketones (excluding diaryl/α,β-unsaturated/α-hetero) is 1. The van der Waals surface area contributed by atoms with E-state index in [1.54, 1.807) is 0 Å². The van der Waals surface area contributed by atoms with E-state index < -0.39 is 0 Å². The molecule has 0 saturated heterocycles. The summed E-state index contributed by atoms with van der Waals surface area (Å²) in [4.78, 5) is 14.2. The summed E-state index contributed by atoms with van der Waals surface area (Å²) >= 11 is 0. The molecule has 0 bridgehead atoms. The Morgan fingerprint density at radius 3 is 1.87 bits per heavy atom. The second-order valence-electron chi connectivity index (χ2n) is 5.82. The molecular weight excluding hydrogens is 186 g/mol. The van der Waals surface area contributed by atoms with Crippen LogP contribution in [0.5, 0.6) is 0 Å². The lowest BCUT2D eigenvalue weighted by molar-refractivity contribution is -0.121. The Balaban J connectivity index is 1.47. The predicted molar refractivity (Wildman–Crippen MR) is 59.6 cm³/mol. The quantitative estimate of drug-likeness (QED) is 0.637. The molecule has 15 heavy (non-hydrogen) atoms. The zero-order valence-corrected chi connectivity index (χ0v) is 9.45. The molecule has 0 atom stereocenters. The smallest absolute Gasteiger partial charge is 0.149 e. The fraction of sp³-hybridized carbons (Fsp3) is 0.923. The zero-order valence-electron chi connectivity index (χ0n) is 9.45. The average molecular weight is 207 g/mol. The third kappa shape index (κ3) is 3.04. The van der Waals surface area contributed by atoms with Crippen molar-refractivity contribution < 1.29 is 4.79 Å². The van der Waals surface area contributed by atoms with Crippen LogP contribution in [-0.4, -0.2) is 30.3 Å². The highest BCUT2D eigenvalue weighted by molar-refractivity contribution is 5.84. The van der Waals surface area contributed by atoms with Gasteiger partial charge in [-0.3, -0.25) is 9.69 Å². The molecule has 0 amide bonds. The summed E-state index contributed by atoms with van der Waals surface area (Å²) in [7, 11) is 0. The van der Waals surface area contributed by atoms with E-state index in [-0.39, 0.29) is 0 Å². The lowest BCUT2D eigenvalue weighted by Crippen LogP contribution is -2.34. The minimum absolute atomic E-state index is 0.450. The SMILES string of the molecule is O=C(CN(CC1CC1)CC1CC1)C1CC1. The summed E-state index contributed by atoms with van der Waals surface area (Å²) in [5, 5.41) is 0. The second kappa shape index (κ2) is 3.89. The molecule has 84 valence electrons. The van der Waals surface area contributed by atoms with E-state index in [4.69, 9.17) is 0 Å². The van der Waals surface area contributed by atoms with Gasteiger partial charge in [-0.1, -0.05) is 0 Å². The lowest BCUT2D eigenvalue weighted by Gasteiger charge is -2.21. The maximum Gasteiger partial charge on any atom is 0.149 e. The van der Waals surface area contributed by atoms with E-state index in [0.717, 1.165) is 18.4 Å². The summed E-state index contributed by atoms with van der Waals surface area (Å²) < 4.78 is 0. The highest BCUT2D eigenvalue weighted by atomic mass is 16.1. The lowest BCUT2D eigenvalue weighted by atomic mass is 10.2. The van der Waals surface area contributed by atoms with Crippen LogP contribution in [0.3, 0.4) is 0 Å². The van der Waals surface area contributed by atoms with Gasteiger partial charge in [0, 0.05) is 19.0 Å². The molecule has 0 N–H and O–H groups in total. The van der Waals surface area contributed by atoms with Crippen LogP contribution < -0.4 is 0 Å². The van der Waals surface area contributed by atoms with E-state index in [0.29, 0.717) is 11.7 Å². The summed E-state index contributed by atoms with van der Waals surface area (Å²) in [5.74, 6) is 2.83. The van der Waals surface area contributed by atoms with E-state index in [2.05, 4.69) is 4.90 Å². The predicted octanol–water partition coefficient (Wildman–Crippen LogP) is 2.09. The van der Waals surface area contributed by atoms with Crippen molar-refractivity contribution in [2.45, 2.75) is 38.5 Å². The summed E-state index contributed by atoms with van der Waals surface area (Å²) in [6.07, 6.45) is 7.94. The molecule has 0 radical (unpaired) electrons. The summed E-state index contributed by atoms with van der Waals surface area (Å²) in [6, 6.07) is 0. The van der Waals surface area contributed by atoms with Crippen molar-refractivity contribution >= 4 is 5.78 Å². The van der Waals surface area contributed by atoms with Gasteiger partial charge >= 0.3 is 0 Å². The highest BCUT2D eigenvalue weighted by Gasteiger charge is 2.34. The van der Waals surface area contributed by atoms with E-state index >= 15 is 0 Å². The first-order valence-electron chi connectivity index (χ1n) is 6.56. The van der Waals surface area contributed by atoms with Gasteiger partial charge in [0.2, 0.25) is 0 Å². The molecule has 0 heterocycles. The Morgan fingerprint density at radius 2 is 1.47 bits per heavy atom. The standard InChI is InChI=1S/C13H21NO/c15-13(12-5-6-12)9-14(7-10-1-2-10)8-11-3-4-11/h10-12H,1-9H2. The topological polar surface area (TPSA) is 20.3 Å². The van der Waals surface area contributed by atoms with Gasteiger partial charge in [-0.2, -0.15) is 0 Å². The van der Waals surface area contributed by atoms with Gasteiger partial charge in [-0.05, 0) is 50.4 Å². The number of rotatable bonds is 7. The Bertz CT molecular complexity index is 237. The van der Waals surface area contributed by atoms with Crippen LogP contribution in [0, 0.1) is 17.8 Å². The molecule has 0 spiro atoms. The Kier molecular flexibility index (Phi) is 2.55. The monoisotopic (exact) mass is 207 g/mol. The molecule has 2 nitrogen and oxygen atoms in total. The van der Waals surface area contributed by atoms with Crippen molar-refractivity contribution in [3.05, 3.63) is 0 Å². The van der Waals surface area contributed by atoms with Crippen LogP contribution in [0.15, 0.2) is 0 Å². The van der Waals surface area contributed by atoms with E-state index in [1.807, 2.05) is 0 Å². The van der Waals surface area contributed by atoms with Crippen molar-refractivity contribution in [1.82, 2.24) is 4.90 Å². The molecule has 3 aliphatic carbocycles. The Morgan fingerprint density at radius 1 is 0.933 bits per heavy atom. The minimum Gasteiger partial charge on any atom is -0.298 e. The molecule has 3 saturated carbocycles. The van der Waals surface area contributed by atoms with Crippen LogP contribution in [-0.2, 0) is 4.79 Å². The third-order valence-corrected chi connectivity index (χ3v) is 3.84. The number of hydrogen-bond donors (Lipinski definition) is 0. The van der Waals surface area contributed by atoms with Gasteiger partial charge in [0.05, 0.1) is 6.54 Å². The highest BCUT2D eigenvalue weighted by Crippen LogP contribution is 2.35. The molecule has 0 aliphatic heterocycles. The van der Waals surface area contributed by atoms with Crippen LogP contribution in [0.2, 0.25) is 0 Å². The molecule has 0 unspecified atom stereocenters. The largest absolute Gasteiger partial charge is 0.298 e. The molecule has 3 aliphatic rings. The van der Waals surface area contributed by atoms with Crippen LogP contribution >= 0.6 is 0 Å². The third-order valence-electron chi connectivity index (χ3n) is 3.84. The minimum atomic E-state index is 0.450. The number of carbonyl (C=O) groups excluding carboxylic acids is 1. The number of nitrogens with zero attached hydrogens (tertiary/aromatic N) is 1. The summed E-state index contributed by atoms with van der Waals surface area (Å²) in [5.41, 5.74) is 0. The van der Waals surface area contributed by atoms with Gasteiger partial charge in [-0.25, -0.2) is 0 Å². The van der Waals surface area contributed by atoms with Crippen LogP contribution in [0.1, 0.15) is 38.5 Å². The molecule has 3 fully saturated rings. The average Bonchev–Trinajstić information content (AvgIpc) is 3.03. The second-order valence-corrected chi connectivity index (χ2v) is 5.82. The number of hydrogen-bond acceptors (Lipinski definition) is 2. The Labute approximate surface area is 92.0 Å². The van der Waals surface area contributed by atoms with Gasteiger partial charge in [0.15, 0.2) is 0 Å². The fourth-order valence-electron chi connectivity index (χ4n) is 2.29.